The van der Waals surface area contributed by atoms with Crippen LogP contribution in [0.25, 0.3) is 10.2 Å². The summed E-state index contributed by atoms with van der Waals surface area (Å²) in [4.78, 5) is 14.1. The molecule has 1 atom stereocenters. The third-order valence-corrected chi connectivity index (χ3v) is 6.55. The van der Waals surface area contributed by atoms with Crippen LogP contribution in [0.1, 0.15) is 17.4 Å². The van der Waals surface area contributed by atoms with E-state index in [-0.39, 0.29) is 4.87 Å². The van der Waals surface area contributed by atoms with Crippen LogP contribution in [0.5, 0.6) is 0 Å². The summed E-state index contributed by atoms with van der Waals surface area (Å²) in [7, 11) is -1.12. The average Bonchev–Trinajstić information content (AvgIpc) is 3.14. The number of H-pyrrole nitrogens is 1. The van der Waals surface area contributed by atoms with Crippen molar-refractivity contribution in [2.75, 3.05) is 6.61 Å². The molecule has 0 aliphatic heterocycles. The molecule has 0 fully saturated rings. The minimum absolute atomic E-state index is 0.0949. The van der Waals surface area contributed by atoms with E-state index >= 15 is 0 Å². The maximum Gasteiger partial charge on any atom is 0.305 e. The molecular formula is C17H23N3O3SSi. The first-order valence-electron chi connectivity index (χ1n) is 8.24. The van der Waals surface area contributed by atoms with Crippen LogP contribution in [0.4, 0.5) is 0 Å². The number of nitrogens with one attached hydrogen (secondary N) is 1. The van der Waals surface area contributed by atoms with Gasteiger partial charge in [-0.1, -0.05) is 37.0 Å². The zero-order chi connectivity index (χ0) is 18.0. The van der Waals surface area contributed by atoms with Gasteiger partial charge in [0.2, 0.25) is 0 Å². The van der Waals surface area contributed by atoms with Crippen molar-refractivity contribution < 1.29 is 9.84 Å². The number of aliphatic hydroxyl groups is 1. The first kappa shape index (κ1) is 18.1. The number of aliphatic hydroxyl groups excluding tert-OH is 1. The standard InChI is InChI=1S/C17H23N3O3SSi/c1-25(2,3)9-8-23-11-20-14(6-7-18-20)16(21)12-4-5-13-15(10-12)24-17(22)19-13/h4-7,10,16,21H,8-9,11H2,1-3H3,(H,19,22). The summed E-state index contributed by atoms with van der Waals surface area (Å²) < 4.78 is 8.25. The predicted molar refractivity (Wildman–Crippen MR) is 103 cm³/mol. The van der Waals surface area contributed by atoms with Gasteiger partial charge in [-0.25, -0.2) is 4.68 Å². The molecule has 0 saturated heterocycles. The largest absolute Gasteiger partial charge is 0.382 e. The molecule has 0 aliphatic carbocycles. The number of benzene rings is 1. The lowest BCUT2D eigenvalue weighted by Crippen LogP contribution is -2.22. The minimum Gasteiger partial charge on any atom is -0.382 e. The maximum absolute atomic E-state index is 11.4. The van der Waals surface area contributed by atoms with Gasteiger partial charge in [0.25, 0.3) is 0 Å². The van der Waals surface area contributed by atoms with Gasteiger partial charge in [0.15, 0.2) is 0 Å². The molecule has 1 unspecified atom stereocenters. The molecule has 25 heavy (non-hydrogen) atoms. The summed E-state index contributed by atoms with van der Waals surface area (Å²) in [5.41, 5.74) is 2.19. The van der Waals surface area contributed by atoms with Crippen molar-refractivity contribution in [3.63, 3.8) is 0 Å². The fourth-order valence-corrected chi connectivity index (χ4v) is 4.06. The molecular weight excluding hydrogens is 354 g/mol. The molecule has 0 saturated carbocycles. The molecule has 1 aromatic carbocycles. The first-order valence-corrected chi connectivity index (χ1v) is 12.8. The summed E-state index contributed by atoms with van der Waals surface area (Å²) in [6.07, 6.45) is 0.845. The number of thiazole rings is 1. The highest BCUT2D eigenvalue weighted by atomic mass is 32.1. The number of aromatic amines is 1. The fraction of sp³-hybridized carbons (Fsp3) is 0.412. The molecule has 2 N–H and O–H groups in total. The first-order chi connectivity index (χ1) is 11.8. The Bertz CT molecular complexity index is 910. The molecule has 6 nitrogen and oxygen atoms in total. The molecule has 0 amide bonds. The molecule has 0 radical (unpaired) electrons. The van der Waals surface area contributed by atoms with Crippen LogP contribution < -0.4 is 4.87 Å². The van der Waals surface area contributed by atoms with Crippen molar-refractivity contribution in [1.82, 2.24) is 14.8 Å². The van der Waals surface area contributed by atoms with Crippen molar-refractivity contribution in [3.8, 4) is 0 Å². The monoisotopic (exact) mass is 377 g/mol. The maximum atomic E-state index is 11.4. The second-order valence-electron chi connectivity index (χ2n) is 7.28. The van der Waals surface area contributed by atoms with Gasteiger partial charge >= 0.3 is 4.87 Å². The Morgan fingerprint density at radius 2 is 2.16 bits per heavy atom. The van der Waals surface area contributed by atoms with E-state index in [2.05, 4.69) is 29.7 Å². The lowest BCUT2D eigenvalue weighted by molar-refractivity contribution is 0.0704. The van der Waals surface area contributed by atoms with Crippen LogP contribution >= 0.6 is 11.3 Å². The number of rotatable bonds is 7. The van der Waals surface area contributed by atoms with Gasteiger partial charge in [-0.3, -0.25) is 4.79 Å². The number of nitrogens with zero attached hydrogens (tertiary/aromatic N) is 2. The Labute approximate surface area is 151 Å². The Kier molecular flexibility index (Phi) is 5.23. The highest BCUT2D eigenvalue weighted by molar-refractivity contribution is 7.16. The molecule has 3 rings (SSSR count). The van der Waals surface area contributed by atoms with Gasteiger partial charge in [-0.2, -0.15) is 5.10 Å². The lowest BCUT2D eigenvalue weighted by Gasteiger charge is -2.17. The zero-order valence-electron chi connectivity index (χ0n) is 14.7. The summed E-state index contributed by atoms with van der Waals surface area (Å²) in [5, 5.41) is 15.0. The number of fused-ring (bicyclic) bond motifs is 1. The van der Waals surface area contributed by atoms with Gasteiger partial charge < -0.3 is 14.8 Å². The van der Waals surface area contributed by atoms with E-state index in [0.29, 0.717) is 19.0 Å². The highest BCUT2D eigenvalue weighted by Gasteiger charge is 2.17. The molecule has 2 aromatic heterocycles. The highest BCUT2D eigenvalue weighted by Crippen LogP contribution is 2.25. The minimum atomic E-state index is -1.12. The van der Waals surface area contributed by atoms with Crippen LogP contribution in [0.15, 0.2) is 35.3 Å². The van der Waals surface area contributed by atoms with Crippen LogP contribution in [-0.4, -0.2) is 34.6 Å². The van der Waals surface area contributed by atoms with Crippen molar-refractivity contribution in [1.29, 1.82) is 0 Å². The van der Waals surface area contributed by atoms with Gasteiger partial charge in [-0.05, 0) is 29.8 Å². The Hall–Kier alpha value is -1.74. The van der Waals surface area contributed by atoms with Crippen LogP contribution in [0.2, 0.25) is 25.7 Å². The summed E-state index contributed by atoms with van der Waals surface area (Å²) >= 11 is 1.14. The van der Waals surface area contributed by atoms with E-state index < -0.39 is 14.2 Å². The van der Waals surface area contributed by atoms with E-state index in [4.69, 9.17) is 4.74 Å². The van der Waals surface area contributed by atoms with E-state index in [0.717, 1.165) is 33.2 Å². The van der Waals surface area contributed by atoms with Crippen LogP contribution in [-0.2, 0) is 11.5 Å². The second kappa shape index (κ2) is 7.25. The summed E-state index contributed by atoms with van der Waals surface area (Å²) in [6.45, 7) is 7.96. The van der Waals surface area contributed by atoms with Crippen molar-refractivity contribution in [2.45, 2.75) is 38.5 Å². The van der Waals surface area contributed by atoms with E-state index in [9.17, 15) is 9.90 Å². The zero-order valence-corrected chi connectivity index (χ0v) is 16.5. The third-order valence-electron chi connectivity index (χ3n) is 4.00. The normalized spacial score (nSPS) is 13.4. The number of ether oxygens (including phenoxy) is 1. The van der Waals surface area contributed by atoms with Crippen LogP contribution in [0.3, 0.4) is 0 Å². The molecule has 8 heteroatoms. The topological polar surface area (TPSA) is 80.1 Å². The van der Waals surface area contributed by atoms with Crippen molar-refractivity contribution >= 4 is 29.6 Å². The van der Waals surface area contributed by atoms with Crippen molar-refractivity contribution in [3.05, 3.63) is 51.4 Å². The smallest absolute Gasteiger partial charge is 0.305 e. The Balaban J connectivity index is 1.72. The van der Waals surface area contributed by atoms with Gasteiger partial charge in [-0.15, -0.1) is 0 Å². The summed E-state index contributed by atoms with van der Waals surface area (Å²) in [5.74, 6) is 0. The predicted octanol–water partition coefficient (Wildman–Crippen LogP) is 3.18. The summed E-state index contributed by atoms with van der Waals surface area (Å²) in [6, 6.07) is 8.35. The van der Waals surface area contributed by atoms with Crippen molar-refractivity contribution in [2.24, 2.45) is 0 Å². The van der Waals surface area contributed by atoms with E-state index in [1.807, 2.05) is 18.2 Å². The fourth-order valence-electron chi connectivity index (χ4n) is 2.52. The molecule has 3 aromatic rings. The quantitative estimate of drug-likeness (QED) is 0.489. The number of hydrogen-bond donors (Lipinski definition) is 2. The van der Waals surface area contributed by atoms with E-state index in [1.54, 1.807) is 16.9 Å². The SMILES string of the molecule is C[Si](C)(C)CCOCn1nccc1C(O)c1ccc2[nH]c(=O)sc2c1. The van der Waals surface area contributed by atoms with Crippen LogP contribution in [0, 0.1) is 0 Å². The lowest BCUT2D eigenvalue weighted by atomic mass is 10.1. The Morgan fingerprint density at radius 3 is 2.92 bits per heavy atom. The average molecular weight is 378 g/mol. The molecule has 0 bridgehead atoms. The third kappa shape index (κ3) is 4.46. The van der Waals surface area contributed by atoms with Gasteiger partial charge in [0, 0.05) is 20.9 Å². The molecule has 2 heterocycles. The molecule has 0 aliphatic rings. The Morgan fingerprint density at radius 1 is 1.36 bits per heavy atom. The van der Waals surface area contributed by atoms with Gasteiger partial charge in [0.05, 0.1) is 15.9 Å². The number of hydrogen-bond acceptors (Lipinski definition) is 5. The van der Waals surface area contributed by atoms with E-state index in [1.165, 1.54) is 0 Å². The molecule has 134 valence electrons. The van der Waals surface area contributed by atoms with Gasteiger partial charge in [0.1, 0.15) is 12.8 Å². The molecule has 0 spiro atoms. The second-order valence-corrected chi connectivity index (χ2v) is 13.9. The number of aromatic nitrogens is 3.